The maximum atomic E-state index is 13.7. The molecule has 178 valence electrons. The van der Waals surface area contributed by atoms with Crippen LogP contribution < -0.4 is 10.6 Å². The molecular formula is C19H12F9N3O2. The number of aryl methyl sites for hydroxylation is 1. The third-order valence-electron chi connectivity index (χ3n) is 4.65. The Bertz CT molecular complexity index is 1110. The van der Waals surface area contributed by atoms with Crippen LogP contribution in [0.3, 0.4) is 0 Å². The Morgan fingerprint density at radius 3 is 2.21 bits per heavy atom. The van der Waals surface area contributed by atoms with Gasteiger partial charge in [0, 0.05) is 24.4 Å². The van der Waals surface area contributed by atoms with Crippen molar-refractivity contribution in [1.82, 2.24) is 4.98 Å². The molecule has 3 rings (SSSR count). The summed E-state index contributed by atoms with van der Waals surface area (Å²) in [5.74, 6) is -2.42. The van der Waals surface area contributed by atoms with Crippen LogP contribution in [0.15, 0.2) is 24.5 Å². The predicted molar refractivity (Wildman–Crippen MR) is 95.3 cm³/mol. The lowest BCUT2D eigenvalue weighted by molar-refractivity contribution is -0.161. The number of carbonyl (C=O) groups is 2. The number of fused-ring (bicyclic) bond motifs is 1. The first-order valence-electron chi connectivity index (χ1n) is 9.03. The standard InChI is InChI=1S/C19H12F9N3O2/c20-17(21,22)6-9-7-29-4-3-10(9)16(33)30-11-5-8-1-2-12(32)31-15(8)14(19(26,27)28)13(11)18(23,24)25/h3-5,7H,1-2,6H2,(H,30,33)(H,31,32). The Labute approximate surface area is 179 Å². The van der Waals surface area contributed by atoms with Crippen LogP contribution in [-0.2, 0) is 30.0 Å². The van der Waals surface area contributed by atoms with Crippen LogP contribution in [0.1, 0.15) is 39.0 Å². The Hall–Kier alpha value is -3.32. The quantitative estimate of drug-likeness (QED) is 0.576. The van der Waals surface area contributed by atoms with Crippen molar-refractivity contribution >= 4 is 23.2 Å². The fourth-order valence-electron chi connectivity index (χ4n) is 3.40. The zero-order valence-corrected chi connectivity index (χ0v) is 16.1. The molecule has 1 aromatic heterocycles. The molecule has 0 radical (unpaired) electrons. The van der Waals surface area contributed by atoms with E-state index >= 15 is 0 Å². The summed E-state index contributed by atoms with van der Waals surface area (Å²) in [5.41, 5.74) is -8.59. The molecular weight excluding hydrogens is 473 g/mol. The van der Waals surface area contributed by atoms with Gasteiger partial charge < -0.3 is 10.6 Å². The zero-order chi connectivity index (χ0) is 24.8. The Morgan fingerprint density at radius 1 is 1.00 bits per heavy atom. The van der Waals surface area contributed by atoms with Crippen molar-refractivity contribution in [2.24, 2.45) is 0 Å². The minimum atomic E-state index is -5.64. The Kier molecular flexibility index (Phi) is 6.06. The number of rotatable bonds is 3. The average molecular weight is 485 g/mol. The summed E-state index contributed by atoms with van der Waals surface area (Å²) in [6.07, 6.45) is -16.7. The molecule has 2 N–H and O–H groups in total. The van der Waals surface area contributed by atoms with Gasteiger partial charge in [-0.2, -0.15) is 39.5 Å². The molecule has 1 aliphatic heterocycles. The van der Waals surface area contributed by atoms with Crippen molar-refractivity contribution in [3.8, 4) is 0 Å². The average Bonchev–Trinajstić information content (AvgIpc) is 2.64. The first-order valence-corrected chi connectivity index (χ1v) is 9.03. The Morgan fingerprint density at radius 2 is 1.64 bits per heavy atom. The number of hydrogen-bond acceptors (Lipinski definition) is 3. The maximum absolute atomic E-state index is 13.7. The highest BCUT2D eigenvalue weighted by Gasteiger charge is 2.48. The fraction of sp³-hybridized carbons (Fsp3) is 0.316. The van der Waals surface area contributed by atoms with E-state index in [1.54, 1.807) is 10.6 Å². The molecule has 2 aromatic rings. The highest BCUT2D eigenvalue weighted by atomic mass is 19.4. The smallest absolute Gasteiger partial charge is 0.325 e. The monoisotopic (exact) mass is 485 g/mol. The molecule has 0 bridgehead atoms. The van der Waals surface area contributed by atoms with Gasteiger partial charge in [0.25, 0.3) is 5.91 Å². The van der Waals surface area contributed by atoms with Gasteiger partial charge >= 0.3 is 18.5 Å². The summed E-state index contributed by atoms with van der Waals surface area (Å²) in [6.45, 7) is 0. The summed E-state index contributed by atoms with van der Waals surface area (Å²) in [5, 5.41) is 3.46. The van der Waals surface area contributed by atoms with Crippen LogP contribution in [0, 0.1) is 0 Å². The van der Waals surface area contributed by atoms with E-state index < -0.39 is 70.4 Å². The van der Waals surface area contributed by atoms with E-state index in [4.69, 9.17) is 0 Å². The second-order valence-electron chi connectivity index (χ2n) is 7.03. The van der Waals surface area contributed by atoms with Crippen LogP contribution in [0.25, 0.3) is 0 Å². The number of amides is 2. The van der Waals surface area contributed by atoms with E-state index in [9.17, 15) is 49.1 Å². The van der Waals surface area contributed by atoms with Crippen molar-refractivity contribution in [3.63, 3.8) is 0 Å². The third kappa shape index (κ3) is 5.37. The van der Waals surface area contributed by atoms with E-state index in [0.717, 1.165) is 12.3 Å². The zero-order valence-electron chi connectivity index (χ0n) is 16.1. The molecule has 1 aliphatic rings. The molecule has 2 amide bonds. The summed E-state index contributed by atoms with van der Waals surface area (Å²) < 4.78 is 121. The molecule has 5 nitrogen and oxygen atoms in total. The van der Waals surface area contributed by atoms with Crippen LogP contribution in [0.4, 0.5) is 50.9 Å². The van der Waals surface area contributed by atoms with Crippen molar-refractivity contribution in [2.75, 3.05) is 10.6 Å². The molecule has 1 aromatic carbocycles. The van der Waals surface area contributed by atoms with Gasteiger partial charge in [-0.05, 0) is 29.7 Å². The second-order valence-corrected chi connectivity index (χ2v) is 7.03. The molecule has 0 atom stereocenters. The number of nitrogens with zero attached hydrogens (tertiary/aromatic N) is 1. The second kappa shape index (κ2) is 8.23. The van der Waals surface area contributed by atoms with Crippen molar-refractivity contribution in [1.29, 1.82) is 0 Å². The number of anilines is 2. The molecule has 0 saturated carbocycles. The van der Waals surface area contributed by atoms with Gasteiger partial charge in [0.1, 0.15) is 0 Å². The highest BCUT2D eigenvalue weighted by molar-refractivity contribution is 6.06. The predicted octanol–water partition coefficient (Wildman–Crippen LogP) is 5.36. The van der Waals surface area contributed by atoms with E-state index in [1.165, 1.54) is 0 Å². The lowest BCUT2D eigenvalue weighted by Gasteiger charge is -2.27. The van der Waals surface area contributed by atoms with Gasteiger partial charge in [0.15, 0.2) is 0 Å². The number of pyridine rings is 1. The number of halogens is 9. The fourth-order valence-corrected chi connectivity index (χ4v) is 3.40. The molecule has 2 heterocycles. The number of nitrogens with one attached hydrogen (secondary N) is 2. The molecule has 14 heteroatoms. The number of alkyl halides is 9. The Balaban J connectivity index is 2.17. The summed E-state index contributed by atoms with van der Waals surface area (Å²) in [6, 6.07) is 1.42. The third-order valence-corrected chi connectivity index (χ3v) is 4.65. The summed E-state index contributed by atoms with van der Waals surface area (Å²) >= 11 is 0. The lowest BCUT2D eigenvalue weighted by Crippen LogP contribution is -2.28. The van der Waals surface area contributed by atoms with E-state index in [2.05, 4.69) is 4.98 Å². The first kappa shape index (κ1) is 24.3. The largest absolute Gasteiger partial charge is 0.419 e. The SMILES string of the molecule is O=C1CCc2cc(NC(=O)c3ccncc3CC(F)(F)F)c(C(F)(F)F)c(C(F)(F)F)c2N1. The molecule has 0 spiro atoms. The van der Waals surface area contributed by atoms with Crippen LogP contribution in [0.2, 0.25) is 0 Å². The lowest BCUT2D eigenvalue weighted by atomic mass is 9.92. The van der Waals surface area contributed by atoms with Crippen LogP contribution in [-0.4, -0.2) is 23.0 Å². The summed E-state index contributed by atoms with van der Waals surface area (Å²) in [7, 11) is 0. The topological polar surface area (TPSA) is 71.1 Å². The molecule has 0 fully saturated rings. The van der Waals surface area contributed by atoms with Crippen molar-refractivity contribution in [3.05, 3.63) is 52.3 Å². The number of carbonyl (C=O) groups excluding carboxylic acids is 2. The summed E-state index contributed by atoms with van der Waals surface area (Å²) in [4.78, 5) is 27.5. The minimum absolute atomic E-state index is 0.316. The van der Waals surface area contributed by atoms with E-state index in [1.807, 2.05) is 0 Å². The number of hydrogen-bond donors (Lipinski definition) is 2. The van der Waals surface area contributed by atoms with E-state index in [-0.39, 0.29) is 18.4 Å². The van der Waals surface area contributed by atoms with Gasteiger partial charge in [0.05, 0.1) is 28.9 Å². The van der Waals surface area contributed by atoms with Crippen molar-refractivity contribution < 1.29 is 49.1 Å². The molecule has 0 unspecified atom stereocenters. The molecule has 0 saturated heterocycles. The van der Waals surface area contributed by atoms with E-state index in [0.29, 0.717) is 12.3 Å². The molecule has 0 aliphatic carbocycles. The van der Waals surface area contributed by atoms with Gasteiger partial charge in [-0.15, -0.1) is 0 Å². The first-order chi connectivity index (χ1) is 15.1. The van der Waals surface area contributed by atoms with Gasteiger partial charge in [0.2, 0.25) is 5.91 Å². The highest BCUT2D eigenvalue weighted by Crippen LogP contribution is 2.49. The van der Waals surface area contributed by atoms with Gasteiger partial charge in [-0.3, -0.25) is 14.6 Å². The van der Waals surface area contributed by atoms with Crippen molar-refractivity contribution in [2.45, 2.75) is 37.8 Å². The van der Waals surface area contributed by atoms with Gasteiger partial charge in [-0.25, -0.2) is 0 Å². The van der Waals surface area contributed by atoms with Gasteiger partial charge in [-0.1, -0.05) is 0 Å². The minimum Gasteiger partial charge on any atom is -0.325 e. The normalized spacial score (nSPS) is 14.5. The van der Waals surface area contributed by atoms with Crippen LogP contribution in [0.5, 0.6) is 0 Å². The van der Waals surface area contributed by atoms with Crippen LogP contribution >= 0.6 is 0 Å². The molecule has 33 heavy (non-hydrogen) atoms. The number of aromatic nitrogens is 1. The number of benzene rings is 1. The maximum Gasteiger partial charge on any atom is 0.419 e.